The summed E-state index contributed by atoms with van der Waals surface area (Å²) in [5, 5.41) is 2.79. The molecule has 7 nitrogen and oxygen atoms in total. The molecule has 4 heterocycles. The summed E-state index contributed by atoms with van der Waals surface area (Å²) in [6, 6.07) is 10.3. The standard InChI is InChI=1S/C23H19F4N5O2/c24-14-3-5-15(6-4-14)29-21(33)22(12-34-13-22)18-8-7-17-16(30-18)2-1-11-32(17)19-9-10-28-20(31-19)23(25,26)27/h3-10H,1-2,11-13H2,(H,29,33). The Bertz CT molecular complexity index is 1230. The van der Waals surface area contributed by atoms with Crippen molar-refractivity contribution in [2.75, 3.05) is 30.0 Å². The fourth-order valence-corrected chi connectivity index (χ4v) is 4.07. The van der Waals surface area contributed by atoms with Crippen LogP contribution in [0.5, 0.6) is 0 Å². The molecule has 0 radical (unpaired) electrons. The van der Waals surface area contributed by atoms with Crippen LogP contribution in [0.3, 0.4) is 0 Å². The third-order valence-corrected chi connectivity index (χ3v) is 5.93. The highest BCUT2D eigenvalue weighted by Gasteiger charge is 2.49. The summed E-state index contributed by atoms with van der Waals surface area (Å²) in [4.78, 5) is 26.6. The summed E-state index contributed by atoms with van der Waals surface area (Å²) < 4.78 is 57.8. The van der Waals surface area contributed by atoms with Crippen molar-refractivity contribution in [3.05, 3.63) is 71.7 Å². The van der Waals surface area contributed by atoms with Gasteiger partial charge in [-0.1, -0.05) is 0 Å². The molecule has 3 aromatic rings. The van der Waals surface area contributed by atoms with Crippen LogP contribution in [0, 0.1) is 5.82 Å². The van der Waals surface area contributed by atoms with Crippen molar-refractivity contribution in [3.63, 3.8) is 0 Å². The molecule has 1 fully saturated rings. The van der Waals surface area contributed by atoms with Gasteiger partial charge in [0.05, 0.1) is 30.3 Å². The molecule has 0 spiro atoms. The van der Waals surface area contributed by atoms with E-state index in [-0.39, 0.29) is 24.9 Å². The number of alkyl halides is 3. The minimum absolute atomic E-state index is 0.133. The summed E-state index contributed by atoms with van der Waals surface area (Å²) >= 11 is 0. The van der Waals surface area contributed by atoms with Gasteiger partial charge in [-0.3, -0.25) is 9.78 Å². The highest BCUT2D eigenvalue weighted by molar-refractivity contribution is 5.99. The molecule has 2 aliphatic heterocycles. The zero-order valence-corrected chi connectivity index (χ0v) is 17.8. The molecule has 1 N–H and O–H groups in total. The molecule has 34 heavy (non-hydrogen) atoms. The number of halogens is 4. The number of nitrogens with one attached hydrogen (secondary N) is 1. The van der Waals surface area contributed by atoms with Gasteiger partial charge in [0.15, 0.2) is 0 Å². The van der Waals surface area contributed by atoms with E-state index in [0.29, 0.717) is 42.1 Å². The van der Waals surface area contributed by atoms with Gasteiger partial charge in [-0.15, -0.1) is 0 Å². The first-order valence-corrected chi connectivity index (χ1v) is 10.6. The van der Waals surface area contributed by atoms with Crippen LogP contribution in [0.25, 0.3) is 0 Å². The number of pyridine rings is 1. The number of rotatable bonds is 4. The van der Waals surface area contributed by atoms with E-state index in [0.717, 1.165) is 6.20 Å². The van der Waals surface area contributed by atoms with Gasteiger partial charge in [-0.2, -0.15) is 13.2 Å². The van der Waals surface area contributed by atoms with Crippen LogP contribution >= 0.6 is 0 Å². The van der Waals surface area contributed by atoms with Gasteiger partial charge in [-0.25, -0.2) is 14.4 Å². The van der Waals surface area contributed by atoms with Crippen LogP contribution in [0.15, 0.2) is 48.7 Å². The fraction of sp³-hybridized carbons (Fsp3) is 0.304. The number of anilines is 3. The lowest BCUT2D eigenvalue weighted by atomic mass is 9.80. The van der Waals surface area contributed by atoms with Gasteiger partial charge < -0.3 is 15.0 Å². The van der Waals surface area contributed by atoms with Crippen LogP contribution in [0.2, 0.25) is 0 Å². The van der Waals surface area contributed by atoms with E-state index in [4.69, 9.17) is 9.72 Å². The SMILES string of the molecule is O=C(Nc1ccc(F)cc1)C1(c2ccc3c(n2)CCCN3c2ccnc(C(F)(F)F)n2)COC1. The number of hydrogen-bond donors (Lipinski definition) is 1. The molecule has 0 saturated carbocycles. The Kier molecular flexibility index (Phi) is 5.43. The number of amides is 1. The van der Waals surface area contributed by atoms with Crippen molar-refractivity contribution in [2.45, 2.75) is 24.4 Å². The molecule has 0 atom stereocenters. The second-order valence-electron chi connectivity index (χ2n) is 8.19. The van der Waals surface area contributed by atoms with Crippen LogP contribution in [-0.4, -0.2) is 40.6 Å². The lowest BCUT2D eigenvalue weighted by Crippen LogP contribution is -2.56. The summed E-state index contributed by atoms with van der Waals surface area (Å²) in [6.07, 6.45) is -2.31. The molecule has 176 valence electrons. The zero-order valence-electron chi connectivity index (χ0n) is 17.8. The number of nitrogens with zero attached hydrogens (tertiary/aromatic N) is 4. The molecule has 0 aliphatic carbocycles. The minimum Gasteiger partial charge on any atom is -0.378 e. The smallest absolute Gasteiger partial charge is 0.378 e. The molecule has 0 unspecified atom stereocenters. The number of hydrogen-bond acceptors (Lipinski definition) is 6. The Morgan fingerprint density at radius 1 is 1.06 bits per heavy atom. The van der Waals surface area contributed by atoms with E-state index in [9.17, 15) is 22.4 Å². The van der Waals surface area contributed by atoms with Crippen molar-refractivity contribution in [2.24, 2.45) is 0 Å². The molecular weight excluding hydrogens is 454 g/mol. The lowest BCUT2D eigenvalue weighted by molar-refractivity contribution is -0.145. The number of ether oxygens (including phenoxy) is 1. The van der Waals surface area contributed by atoms with Crippen molar-refractivity contribution in [1.29, 1.82) is 0 Å². The third kappa shape index (κ3) is 3.96. The molecule has 2 aliphatic rings. The molecule has 0 bridgehead atoms. The van der Waals surface area contributed by atoms with E-state index in [1.54, 1.807) is 17.0 Å². The van der Waals surface area contributed by atoms with Crippen molar-refractivity contribution < 1.29 is 27.1 Å². The summed E-state index contributed by atoms with van der Waals surface area (Å²) in [6.45, 7) is 0.744. The van der Waals surface area contributed by atoms with Crippen molar-refractivity contribution in [3.8, 4) is 0 Å². The predicted molar refractivity (Wildman–Crippen MR) is 114 cm³/mol. The van der Waals surface area contributed by atoms with Gasteiger partial charge in [0, 0.05) is 18.4 Å². The maximum absolute atomic E-state index is 13.2. The number of benzene rings is 1. The highest BCUT2D eigenvalue weighted by Crippen LogP contribution is 2.38. The summed E-state index contributed by atoms with van der Waals surface area (Å²) in [7, 11) is 0. The maximum Gasteiger partial charge on any atom is 0.451 e. The molecule has 5 rings (SSSR count). The van der Waals surface area contributed by atoms with Gasteiger partial charge in [0.1, 0.15) is 17.1 Å². The largest absolute Gasteiger partial charge is 0.451 e. The monoisotopic (exact) mass is 473 g/mol. The van der Waals surface area contributed by atoms with Crippen LogP contribution in [0.4, 0.5) is 34.8 Å². The molecular formula is C23H19F4N5O2. The molecule has 11 heteroatoms. The highest BCUT2D eigenvalue weighted by atomic mass is 19.4. The van der Waals surface area contributed by atoms with E-state index in [1.807, 2.05) is 0 Å². The van der Waals surface area contributed by atoms with E-state index < -0.39 is 23.2 Å². The average molecular weight is 473 g/mol. The van der Waals surface area contributed by atoms with Crippen molar-refractivity contribution >= 4 is 23.1 Å². The number of carbonyl (C=O) groups excluding carboxylic acids is 1. The van der Waals surface area contributed by atoms with E-state index in [1.165, 1.54) is 30.3 Å². The first-order valence-electron chi connectivity index (χ1n) is 10.6. The Morgan fingerprint density at radius 3 is 2.50 bits per heavy atom. The first-order chi connectivity index (χ1) is 16.3. The molecule has 1 saturated heterocycles. The Hall–Kier alpha value is -3.60. The number of aromatic nitrogens is 3. The van der Waals surface area contributed by atoms with Gasteiger partial charge in [0.25, 0.3) is 0 Å². The fourth-order valence-electron chi connectivity index (χ4n) is 4.07. The summed E-state index contributed by atoms with van der Waals surface area (Å²) in [5.74, 6) is -1.80. The van der Waals surface area contributed by atoms with E-state index >= 15 is 0 Å². The van der Waals surface area contributed by atoms with Crippen LogP contribution in [0.1, 0.15) is 23.6 Å². The lowest BCUT2D eigenvalue weighted by Gasteiger charge is -2.40. The Balaban J connectivity index is 1.44. The average Bonchev–Trinajstić information content (AvgIpc) is 2.79. The predicted octanol–water partition coefficient (Wildman–Crippen LogP) is 4.02. The topological polar surface area (TPSA) is 80.2 Å². The van der Waals surface area contributed by atoms with Gasteiger partial charge in [-0.05, 0) is 55.3 Å². The Morgan fingerprint density at radius 2 is 1.82 bits per heavy atom. The van der Waals surface area contributed by atoms with E-state index in [2.05, 4.69) is 15.3 Å². The minimum atomic E-state index is -4.65. The van der Waals surface area contributed by atoms with Gasteiger partial charge in [0.2, 0.25) is 11.7 Å². The normalized spacial score (nSPS) is 17.0. The second-order valence-corrected chi connectivity index (χ2v) is 8.19. The van der Waals surface area contributed by atoms with Crippen LogP contribution in [-0.2, 0) is 27.5 Å². The van der Waals surface area contributed by atoms with Crippen molar-refractivity contribution in [1.82, 2.24) is 15.0 Å². The number of aryl methyl sites for hydroxylation is 1. The molecule has 1 amide bonds. The van der Waals surface area contributed by atoms with Crippen LogP contribution < -0.4 is 10.2 Å². The number of carbonyl (C=O) groups is 1. The number of fused-ring (bicyclic) bond motifs is 1. The zero-order chi connectivity index (χ0) is 23.9. The maximum atomic E-state index is 13.2. The Labute approximate surface area is 191 Å². The quantitative estimate of drug-likeness (QED) is 0.577. The summed E-state index contributed by atoms with van der Waals surface area (Å²) in [5.41, 5.74) is 1.25. The molecule has 1 aromatic carbocycles. The molecule has 2 aromatic heterocycles. The third-order valence-electron chi connectivity index (χ3n) is 5.93. The second kappa shape index (κ2) is 8.32. The van der Waals surface area contributed by atoms with Gasteiger partial charge >= 0.3 is 6.18 Å². The first kappa shape index (κ1) is 22.2.